The van der Waals surface area contributed by atoms with Crippen molar-refractivity contribution in [3.05, 3.63) is 26.6 Å². The minimum absolute atomic E-state index is 0.130. The number of aliphatic hydroxyl groups excluding tert-OH is 1. The Morgan fingerprint density at radius 3 is 2.73 bits per heavy atom. The Kier molecular flexibility index (Phi) is 5.28. The fourth-order valence-electron chi connectivity index (χ4n) is 1.01. The molecule has 15 heavy (non-hydrogen) atoms. The van der Waals surface area contributed by atoms with E-state index in [4.69, 9.17) is 5.11 Å². The molecule has 0 aromatic heterocycles. The first-order chi connectivity index (χ1) is 7.15. The van der Waals surface area contributed by atoms with Gasteiger partial charge >= 0.3 is 0 Å². The molecule has 3 nitrogen and oxygen atoms in total. The van der Waals surface area contributed by atoms with Gasteiger partial charge in [-0.15, -0.1) is 0 Å². The second kappa shape index (κ2) is 6.25. The average molecular weight is 337 g/mol. The lowest BCUT2D eigenvalue weighted by atomic mass is 10.2. The van der Waals surface area contributed by atoms with Gasteiger partial charge in [0, 0.05) is 29.4 Å². The summed E-state index contributed by atoms with van der Waals surface area (Å²) in [6.45, 7) is 0.686. The van der Waals surface area contributed by atoms with Crippen LogP contribution in [-0.4, -0.2) is 29.6 Å². The quantitative estimate of drug-likeness (QED) is 0.656. The second-order valence-corrected chi connectivity index (χ2v) is 4.71. The van der Waals surface area contributed by atoms with E-state index in [-0.39, 0.29) is 12.4 Å². The maximum absolute atomic E-state index is 9.67. The van der Waals surface area contributed by atoms with Gasteiger partial charge in [-0.25, -0.2) is 0 Å². The molecule has 0 atom stereocenters. The Hall–Kier alpha value is -0.390. The van der Waals surface area contributed by atoms with E-state index in [1.165, 1.54) is 0 Å². The summed E-state index contributed by atoms with van der Waals surface area (Å²) >= 11 is 6.56. The van der Waals surface area contributed by atoms with Crippen molar-refractivity contribution in [3.8, 4) is 5.75 Å². The molecule has 0 saturated heterocycles. The lowest BCUT2D eigenvalue weighted by Gasteiger charge is -2.02. The lowest BCUT2D eigenvalue weighted by Crippen LogP contribution is -1.89. The summed E-state index contributed by atoms with van der Waals surface area (Å²) in [5.74, 6) is 0.172. The van der Waals surface area contributed by atoms with Crippen LogP contribution in [0.25, 0.3) is 0 Å². The highest BCUT2D eigenvalue weighted by atomic mass is 79.9. The van der Waals surface area contributed by atoms with E-state index < -0.39 is 0 Å². The second-order valence-electron chi connectivity index (χ2n) is 2.94. The van der Waals surface area contributed by atoms with E-state index in [0.29, 0.717) is 23.0 Å². The van der Waals surface area contributed by atoms with Crippen LogP contribution in [0, 0.1) is 0 Å². The third-order valence-corrected chi connectivity index (χ3v) is 2.80. The normalized spacial score (nSPS) is 11.1. The number of phenols is 1. The van der Waals surface area contributed by atoms with E-state index in [1.54, 1.807) is 18.3 Å². The van der Waals surface area contributed by atoms with Gasteiger partial charge in [0.25, 0.3) is 0 Å². The number of hydrogen-bond acceptors (Lipinski definition) is 3. The lowest BCUT2D eigenvalue weighted by molar-refractivity contribution is 0.291. The van der Waals surface area contributed by atoms with Crippen molar-refractivity contribution in [2.24, 2.45) is 4.99 Å². The van der Waals surface area contributed by atoms with Gasteiger partial charge in [0.15, 0.2) is 0 Å². The zero-order chi connectivity index (χ0) is 11.3. The van der Waals surface area contributed by atoms with E-state index in [9.17, 15) is 5.11 Å². The average Bonchev–Trinajstić information content (AvgIpc) is 2.19. The summed E-state index contributed by atoms with van der Waals surface area (Å²) < 4.78 is 1.50. The van der Waals surface area contributed by atoms with Gasteiger partial charge in [-0.3, -0.25) is 4.99 Å². The number of phenolic OH excluding ortho intramolecular Hbond substituents is 1. The van der Waals surface area contributed by atoms with Gasteiger partial charge in [0.2, 0.25) is 0 Å². The number of halogens is 2. The van der Waals surface area contributed by atoms with Crippen LogP contribution in [0.4, 0.5) is 0 Å². The number of aliphatic hydroxyl groups is 1. The molecule has 0 radical (unpaired) electrons. The topological polar surface area (TPSA) is 52.8 Å². The van der Waals surface area contributed by atoms with Crippen molar-refractivity contribution in [1.29, 1.82) is 0 Å². The smallest absolute Gasteiger partial charge is 0.138 e. The number of aromatic hydroxyl groups is 1. The zero-order valence-electron chi connectivity index (χ0n) is 7.95. The summed E-state index contributed by atoms with van der Waals surface area (Å²) in [4.78, 5) is 4.09. The van der Waals surface area contributed by atoms with Gasteiger partial charge in [0.1, 0.15) is 5.75 Å². The Morgan fingerprint density at radius 1 is 1.33 bits per heavy atom. The highest BCUT2D eigenvalue weighted by molar-refractivity contribution is 9.11. The molecule has 1 rings (SSSR count). The van der Waals surface area contributed by atoms with Crippen molar-refractivity contribution in [2.75, 3.05) is 13.2 Å². The number of hydrogen-bond donors (Lipinski definition) is 2. The maximum Gasteiger partial charge on any atom is 0.138 e. The number of benzene rings is 1. The van der Waals surface area contributed by atoms with Gasteiger partial charge in [-0.05, 0) is 34.5 Å². The summed E-state index contributed by atoms with van der Waals surface area (Å²) in [6, 6.07) is 3.54. The van der Waals surface area contributed by atoms with Crippen LogP contribution in [0.5, 0.6) is 5.75 Å². The predicted molar refractivity (Wildman–Crippen MR) is 67.7 cm³/mol. The summed E-state index contributed by atoms with van der Waals surface area (Å²) in [5, 5.41) is 18.2. The van der Waals surface area contributed by atoms with E-state index in [1.807, 2.05) is 0 Å². The molecule has 0 spiro atoms. The largest absolute Gasteiger partial charge is 0.506 e. The van der Waals surface area contributed by atoms with Gasteiger partial charge in [-0.2, -0.15) is 0 Å². The van der Waals surface area contributed by atoms with Crippen LogP contribution in [0.3, 0.4) is 0 Å². The zero-order valence-corrected chi connectivity index (χ0v) is 11.1. The maximum atomic E-state index is 9.67. The highest BCUT2D eigenvalue weighted by Gasteiger charge is 2.04. The van der Waals surface area contributed by atoms with E-state index in [2.05, 4.69) is 36.9 Å². The molecule has 0 aliphatic rings. The van der Waals surface area contributed by atoms with Crippen molar-refractivity contribution >= 4 is 38.1 Å². The Labute approximate surface area is 105 Å². The van der Waals surface area contributed by atoms with Gasteiger partial charge in [0.05, 0.1) is 4.47 Å². The molecule has 82 valence electrons. The molecule has 0 bridgehead atoms. The van der Waals surface area contributed by atoms with Crippen LogP contribution in [0.15, 0.2) is 26.1 Å². The summed E-state index contributed by atoms with van der Waals surface area (Å²) in [6.07, 6.45) is 2.23. The molecule has 0 saturated carbocycles. The first-order valence-electron chi connectivity index (χ1n) is 4.44. The highest BCUT2D eigenvalue weighted by Crippen LogP contribution is 2.30. The molecule has 0 heterocycles. The predicted octanol–water partition coefficient (Wildman–Crippen LogP) is 2.72. The third-order valence-electron chi connectivity index (χ3n) is 1.73. The van der Waals surface area contributed by atoms with Gasteiger partial charge in [-0.1, -0.05) is 15.9 Å². The van der Waals surface area contributed by atoms with Crippen LogP contribution < -0.4 is 0 Å². The van der Waals surface area contributed by atoms with Crippen LogP contribution in [0.1, 0.15) is 12.0 Å². The number of nitrogens with zero attached hydrogens (tertiary/aromatic N) is 1. The minimum atomic E-state index is 0.130. The molecule has 1 aromatic rings. The molecule has 0 aliphatic carbocycles. The number of aliphatic imine (C=N–C) groups is 1. The van der Waals surface area contributed by atoms with Crippen LogP contribution in [0.2, 0.25) is 0 Å². The SMILES string of the molecule is OCCCN=Cc1cc(Br)cc(Br)c1O. The molecular formula is C10H11Br2NO2. The van der Waals surface area contributed by atoms with E-state index >= 15 is 0 Å². The Balaban J connectivity index is 2.80. The first-order valence-corrected chi connectivity index (χ1v) is 6.02. The summed E-state index contributed by atoms with van der Waals surface area (Å²) in [7, 11) is 0. The fourth-order valence-corrected chi connectivity index (χ4v) is 2.27. The third kappa shape index (κ3) is 3.93. The van der Waals surface area contributed by atoms with Crippen molar-refractivity contribution in [1.82, 2.24) is 0 Å². The molecule has 2 N–H and O–H groups in total. The fraction of sp³-hybridized carbons (Fsp3) is 0.300. The molecule has 0 aliphatic heterocycles. The molecule has 1 aromatic carbocycles. The molecule has 0 unspecified atom stereocenters. The van der Waals surface area contributed by atoms with Crippen molar-refractivity contribution < 1.29 is 10.2 Å². The number of rotatable bonds is 4. The first kappa shape index (κ1) is 12.7. The molecule has 5 heteroatoms. The molecule has 0 fully saturated rings. The monoisotopic (exact) mass is 335 g/mol. The van der Waals surface area contributed by atoms with Crippen LogP contribution >= 0.6 is 31.9 Å². The Morgan fingerprint density at radius 2 is 2.07 bits per heavy atom. The standard InChI is InChI=1S/C10H11Br2NO2/c11-8-4-7(6-13-2-1-3-14)10(15)9(12)5-8/h4-6,14-15H,1-3H2. The summed E-state index contributed by atoms with van der Waals surface area (Å²) in [5.41, 5.74) is 0.647. The van der Waals surface area contributed by atoms with Gasteiger partial charge < -0.3 is 10.2 Å². The van der Waals surface area contributed by atoms with Crippen molar-refractivity contribution in [3.63, 3.8) is 0 Å². The van der Waals surface area contributed by atoms with Crippen LogP contribution in [-0.2, 0) is 0 Å². The molecule has 0 amide bonds. The molecular weight excluding hydrogens is 326 g/mol. The van der Waals surface area contributed by atoms with E-state index in [0.717, 1.165) is 4.47 Å². The Bertz CT molecular complexity index is 367. The minimum Gasteiger partial charge on any atom is -0.506 e. The van der Waals surface area contributed by atoms with Crippen molar-refractivity contribution in [2.45, 2.75) is 6.42 Å².